The van der Waals surface area contributed by atoms with Crippen molar-refractivity contribution < 1.29 is 9.53 Å². The molecule has 0 unspecified atom stereocenters. The molecule has 0 aromatic heterocycles. The van der Waals surface area contributed by atoms with E-state index in [1.165, 1.54) is 7.11 Å². The molecule has 1 heterocycles. The van der Waals surface area contributed by atoms with Crippen LogP contribution in [0.4, 0.5) is 0 Å². The Bertz CT molecular complexity index is 503. The number of fused-ring (bicyclic) bond motifs is 1. The molecule has 14 heavy (non-hydrogen) atoms. The Kier molecular flexibility index (Phi) is 2.08. The Hall–Kier alpha value is -1.64. The van der Waals surface area contributed by atoms with E-state index < -0.39 is 0 Å². The van der Waals surface area contributed by atoms with Gasteiger partial charge in [-0.15, -0.1) is 0 Å². The molecule has 0 N–H and O–H groups in total. The molecule has 1 aromatic rings. The van der Waals surface area contributed by atoms with Gasteiger partial charge in [0.1, 0.15) is 0 Å². The van der Waals surface area contributed by atoms with Crippen molar-refractivity contribution in [3.63, 3.8) is 0 Å². The first-order valence-corrected chi connectivity index (χ1v) is 4.46. The van der Waals surface area contributed by atoms with Crippen LogP contribution in [0.5, 0.6) is 0 Å². The molecule has 0 atom stereocenters. The topological polar surface area (TPSA) is 38.7 Å². The van der Waals surface area contributed by atoms with Crippen LogP contribution < -0.4 is 10.6 Å². The van der Waals surface area contributed by atoms with Crippen LogP contribution in [0.2, 0.25) is 0 Å². The molecule has 1 aliphatic rings. The van der Waals surface area contributed by atoms with E-state index in [1.54, 1.807) is 6.07 Å². The number of ether oxygens (including phenoxy) is 1. The van der Waals surface area contributed by atoms with Gasteiger partial charge >= 0.3 is 5.97 Å². The van der Waals surface area contributed by atoms with Crippen molar-refractivity contribution in [2.45, 2.75) is 6.92 Å². The molecule has 1 aliphatic heterocycles. The fraction of sp³-hybridized carbons (Fsp3) is 0.273. The van der Waals surface area contributed by atoms with Crippen LogP contribution in [-0.2, 0) is 4.74 Å². The van der Waals surface area contributed by atoms with Gasteiger partial charge < -0.3 is 4.74 Å². The molecule has 1 aromatic carbocycles. The largest absolute Gasteiger partial charge is 0.465 e. The highest BCUT2D eigenvalue weighted by Crippen LogP contribution is 2.04. The lowest BCUT2D eigenvalue weighted by atomic mass is 10.1. The standard InChI is InChI=1S/C11H11NO2/c1-7-5-8-3-4-12-10(8)6-9(7)11(13)14-2/h3,5-6H,4H2,1-2H3. The van der Waals surface area contributed by atoms with Crippen LogP contribution in [0.25, 0.3) is 6.08 Å². The molecular formula is C11H11NO2. The van der Waals surface area contributed by atoms with Crippen LogP contribution in [0.3, 0.4) is 0 Å². The maximum absolute atomic E-state index is 11.4. The SMILES string of the molecule is COC(=O)c1cc2c(cc1C)=CCN=2. The third-order valence-electron chi connectivity index (χ3n) is 2.35. The van der Waals surface area contributed by atoms with E-state index >= 15 is 0 Å². The number of carbonyl (C=O) groups excluding carboxylic acids is 1. The molecule has 0 bridgehead atoms. The van der Waals surface area contributed by atoms with Gasteiger partial charge in [-0.05, 0) is 29.8 Å². The first-order chi connectivity index (χ1) is 6.72. The van der Waals surface area contributed by atoms with Crippen molar-refractivity contribution in [3.8, 4) is 0 Å². The number of esters is 1. The molecule has 3 heteroatoms. The smallest absolute Gasteiger partial charge is 0.338 e. The van der Waals surface area contributed by atoms with E-state index in [4.69, 9.17) is 0 Å². The summed E-state index contributed by atoms with van der Waals surface area (Å²) in [7, 11) is 1.39. The van der Waals surface area contributed by atoms with Gasteiger partial charge in [0.15, 0.2) is 0 Å². The zero-order valence-corrected chi connectivity index (χ0v) is 8.20. The average molecular weight is 189 g/mol. The van der Waals surface area contributed by atoms with Crippen LogP contribution in [0, 0.1) is 6.92 Å². The molecule has 3 nitrogen and oxygen atoms in total. The second kappa shape index (κ2) is 3.25. The normalized spacial score (nSPS) is 12.7. The van der Waals surface area contributed by atoms with Gasteiger partial charge in [-0.2, -0.15) is 0 Å². The van der Waals surface area contributed by atoms with Crippen LogP contribution in [0.1, 0.15) is 15.9 Å². The Morgan fingerprint density at radius 3 is 3.00 bits per heavy atom. The summed E-state index contributed by atoms with van der Waals surface area (Å²) in [4.78, 5) is 15.6. The molecule has 0 radical (unpaired) electrons. The Morgan fingerprint density at radius 2 is 2.29 bits per heavy atom. The summed E-state index contributed by atoms with van der Waals surface area (Å²) in [6.45, 7) is 2.61. The van der Waals surface area contributed by atoms with E-state index in [-0.39, 0.29) is 5.97 Å². The second-order valence-electron chi connectivity index (χ2n) is 3.26. The van der Waals surface area contributed by atoms with Gasteiger partial charge in [0.25, 0.3) is 0 Å². The average Bonchev–Trinajstić information content (AvgIpc) is 2.62. The predicted molar refractivity (Wildman–Crippen MR) is 52.6 cm³/mol. The maximum atomic E-state index is 11.4. The molecule has 0 saturated heterocycles. The van der Waals surface area contributed by atoms with Gasteiger partial charge in [0, 0.05) is 0 Å². The summed E-state index contributed by atoms with van der Waals surface area (Å²) >= 11 is 0. The minimum absolute atomic E-state index is 0.299. The maximum Gasteiger partial charge on any atom is 0.338 e. The first-order valence-electron chi connectivity index (χ1n) is 4.46. The summed E-state index contributed by atoms with van der Waals surface area (Å²) in [5.74, 6) is -0.299. The number of hydrogen-bond donors (Lipinski definition) is 0. The van der Waals surface area contributed by atoms with E-state index in [0.717, 1.165) is 16.1 Å². The lowest BCUT2D eigenvalue weighted by Crippen LogP contribution is -2.24. The molecule has 0 saturated carbocycles. The molecule has 0 aliphatic carbocycles. The van der Waals surface area contributed by atoms with E-state index in [9.17, 15) is 4.79 Å². The van der Waals surface area contributed by atoms with Crippen molar-refractivity contribution in [2.75, 3.05) is 13.7 Å². The van der Waals surface area contributed by atoms with E-state index in [0.29, 0.717) is 12.1 Å². The zero-order valence-electron chi connectivity index (χ0n) is 8.20. The number of hydrogen-bond acceptors (Lipinski definition) is 3. The van der Waals surface area contributed by atoms with Crippen LogP contribution in [-0.4, -0.2) is 19.6 Å². The zero-order chi connectivity index (χ0) is 10.1. The first kappa shape index (κ1) is 8.94. The number of benzene rings is 1. The fourth-order valence-corrected chi connectivity index (χ4v) is 1.59. The van der Waals surface area contributed by atoms with E-state index in [2.05, 4.69) is 9.73 Å². The van der Waals surface area contributed by atoms with Crippen molar-refractivity contribution in [1.82, 2.24) is 0 Å². The van der Waals surface area contributed by atoms with Crippen molar-refractivity contribution in [1.29, 1.82) is 0 Å². The highest BCUT2D eigenvalue weighted by Gasteiger charge is 2.10. The lowest BCUT2D eigenvalue weighted by molar-refractivity contribution is 0.0599. The quantitative estimate of drug-likeness (QED) is 0.592. The van der Waals surface area contributed by atoms with Crippen molar-refractivity contribution in [2.24, 2.45) is 4.99 Å². The van der Waals surface area contributed by atoms with Crippen LogP contribution >= 0.6 is 0 Å². The molecule has 0 amide bonds. The fourth-order valence-electron chi connectivity index (χ4n) is 1.59. The molecule has 0 fully saturated rings. The highest BCUT2D eigenvalue weighted by atomic mass is 16.5. The second-order valence-corrected chi connectivity index (χ2v) is 3.26. The van der Waals surface area contributed by atoms with Gasteiger partial charge in [0.05, 0.1) is 24.6 Å². The van der Waals surface area contributed by atoms with Gasteiger partial charge in [-0.1, -0.05) is 6.08 Å². The van der Waals surface area contributed by atoms with E-state index in [1.807, 2.05) is 19.1 Å². The Balaban J connectivity index is 2.66. The van der Waals surface area contributed by atoms with Crippen LogP contribution in [0.15, 0.2) is 17.1 Å². The highest BCUT2D eigenvalue weighted by molar-refractivity contribution is 5.90. The lowest BCUT2D eigenvalue weighted by Gasteiger charge is -2.02. The van der Waals surface area contributed by atoms with Gasteiger partial charge in [-0.3, -0.25) is 4.99 Å². The molecule has 0 spiro atoms. The summed E-state index contributed by atoms with van der Waals surface area (Å²) < 4.78 is 4.69. The van der Waals surface area contributed by atoms with Gasteiger partial charge in [-0.25, -0.2) is 4.79 Å². The summed E-state index contributed by atoms with van der Waals surface area (Å²) in [5.41, 5.74) is 1.54. The van der Waals surface area contributed by atoms with Crippen molar-refractivity contribution >= 4 is 12.0 Å². The molecule has 2 rings (SSSR count). The van der Waals surface area contributed by atoms with Crippen molar-refractivity contribution in [3.05, 3.63) is 33.8 Å². The molecular weight excluding hydrogens is 178 g/mol. The number of aryl methyl sites for hydroxylation is 1. The minimum atomic E-state index is -0.299. The summed E-state index contributed by atoms with van der Waals surface area (Å²) in [6, 6.07) is 3.76. The molecule has 72 valence electrons. The third-order valence-corrected chi connectivity index (χ3v) is 2.35. The van der Waals surface area contributed by atoms with Gasteiger partial charge in [0.2, 0.25) is 0 Å². The summed E-state index contributed by atoms with van der Waals surface area (Å²) in [5, 5.41) is 1.99. The minimum Gasteiger partial charge on any atom is -0.465 e. The monoisotopic (exact) mass is 189 g/mol. The third kappa shape index (κ3) is 1.31. The Labute approximate surface area is 81.7 Å². The number of methoxy groups -OCH3 is 1. The number of nitrogens with zero attached hydrogens (tertiary/aromatic N) is 1. The number of carbonyl (C=O) groups is 1. The number of rotatable bonds is 1. The Morgan fingerprint density at radius 1 is 1.50 bits per heavy atom. The predicted octanol–water partition coefficient (Wildman–Crippen LogP) is 0.195. The summed E-state index contributed by atoms with van der Waals surface area (Å²) in [6.07, 6.45) is 2.05.